The topological polar surface area (TPSA) is 76.3 Å². The molecule has 84 valence electrons. The van der Waals surface area contributed by atoms with Gasteiger partial charge < -0.3 is 5.73 Å². The molecule has 0 aromatic carbocycles. The zero-order valence-electron chi connectivity index (χ0n) is 8.39. The highest BCUT2D eigenvalue weighted by molar-refractivity contribution is 14.1. The molecule has 1 saturated heterocycles. The molecule has 0 radical (unpaired) electrons. The number of amides is 2. The van der Waals surface area contributed by atoms with E-state index >= 15 is 0 Å². The van der Waals surface area contributed by atoms with Crippen LogP contribution in [-0.4, -0.2) is 23.3 Å². The smallest absolute Gasteiger partial charge is 0.229 e. The van der Waals surface area contributed by atoms with E-state index in [0.29, 0.717) is 12.4 Å². The van der Waals surface area contributed by atoms with E-state index in [0.717, 1.165) is 3.57 Å². The van der Waals surface area contributed by atoms with Gasteiger partial charge in [0.05, 0.1) is 5.92 Å². The van der Waals surface area contributed by atoms with E-state index in [9.17, 15) is 9.59 Å². The van der Waals surface area contributed by atoms with E-state index in [2.05, 4.69) is 27.6 Å². The predicted molar refractivity (Wildman–Crippen MR) is 66.6 cm³/mol. The number of primary amides is 1. The normalized spacial score (nSPS) is 20.2. The van der Waals surface area contributed by atoms with Crippen LogP contribution in [0.25, 0.3) is 0 Å². The van der Waals surface area contributed by atoms with Crippen molar-refractivity contribution >= 4 is 40.2 Å². The number of carbonyl (C=O) groups excluding carboxylic acids is 2. The van der Waals surface area contributed by atoms with E-state index in [1.54, 1.807) is 12.3 Å². The molecule has 0 saturated carbocycles. The molecule has 1 aromatic heterocycles. The van der Waals surface area contributed by atoms with Crippen molar-refractivity contribution in [1.82, 2.24) is 4.98 Å². The number of anilines is 1. The minimum atomic E-state index is -0.429. The summed E-state index contributed by atoms with van der Waals surface area (Å²) in [6.45, 7) is 0.335. The molecule has 1 unspecified atom stereocenters. The third-order valence-corrected chi connectivity index (χ3v) is 3.15. The van der Waals surface area contributed by atoms with Crippen LogP contribution in [0.4, 0.5) is 5.82 Å². The third kappa shape index (κ3) is 2.16. The van der Waals surface area contributed by atoms with E-state index in [1.807, 2.05) is 6.07 Å². The molecule has 16 heavy (non-hydrogen) atoms. The maximum Gasteiger partial charge on any atom is 0.229 e. The fourth-order valence-corrected chi connectivity index (χ4v) is 1.97. The summed E-state index contributed by atoms with van der Waals surface area (Å²) in [6.07, 6.45) is 1.86. The molecule has 2 amide bonds. The Hall–Kier alpha value is -1.18. The molecule has 1 aliphatic rings. The average molecular weight is 331 g/mol. The Balaban J connectivity index is 2.20. The Morgan fingerprint density at radius 2 is 2.31 bits per heavy atom. The van der Waals surface area contributed by atoms with Crippen LogP contribution in [-0.2, 0) is 9.59 Å². The molecule has 0 bridgehead atoms. The van der Waals surface area contributed by atoms with Crippen molar-refractivity contribution in [1.29, 1.82) is 0 Å². The first-order valence-corrected chi connectivity index (χ1v) is 5.87. The number of aromatic nitrogens is 1. The second-order valence-electron chi connectivity index (χ2n) is 3.64. The largest absolute Gasteiger partial charge is 0.369 e. The van der Waals surface area contributed by atoms with E-state index in [-0.39, 0.29) is 12.3 Å². The number of pyridine rings is 1. The monoisotopic (exact) mass is 331 g/mol. The molecule has 1 atom stereocenters. The van der Waals surface area contributed by atoms with Crippen LogP contribution < -0.4 is 10.6 Å². The van der Waals surface area contributed by atoms with Gasteiger partial charge in [0.15, 0.2) is 0 Å². The molecule has 1 aromatic rings. The fraction of sp³-hybridized carbons (Fsp3) is 0.300. The summed E-state index contributed by atoms with van der Waals surface area (Å²) in [6, 6.07) is 3.64. The van der Waals surface area contributed by atoms with Gasteiger partial charge >= 0.3 is 0 Å². The molecule has 1 aliphatic heterocycles. The fourth-order valence-electron chi connectivity index (χ4n) is 1.65. The first-order chi connectivity index (χ1) is 7.58. The Labute approximate surface area is 106 Å². The van der Waals surface area contributed by atoms with E-state index < -0.39 is 11.8 Å². The van der Waals surface area contributed by atoms with Gasteiger partial charge in [-0.1, -0.05) is 0 Å². The van der Waals surface area contributed by atoms with Crippen LogP contribution in [0.15, 0.2) is 18.3 Å². The molecule has 0 aliphatic carbocycles. The molecule has 2 heterocycles. The Bertz CT molecular complexity index is 432. The number of nitrogens with zero attached hydrogens (tertiary/aromatic N) is 2. The summed E-state index contributed by atoms with van der Waals surface area (Å²) in [5.74, 6) is -0.346. The number of hydrogen-bond donors (Lipinski definition) is 1. The summed E-state index contributed by atoms with van der Waals surface area (Å²) in [5.41, 5.74) is 5.18. The zero-order chi connectivity index (χ0) is 11.7. The third-order valence-electron chi connectivity index (χ3n) is 2.52. The number of rotatable bonds is 2. The Kier molecular flexibility index (Phi) is 3.08. The number of hydrogen-bond acceptors (Lipinski definition) is 3. The van der Waals surface area contributed by atoms with Crippen molar-refractivity contribution in [2.24, 2.45) is 11.7 Å². The first kappa shape index (κ1) is 11.3. The van der Waals surface area contributed by atoms with Gasteiger partial charge in [-0.05, 0) is 34.7 Å². The van der Waals surface area contributed by atoms with Gasteiger partial charge in [0.2, 0.25) is 11.8 Å². The van der Waals surface area contributed by atoms with Gasteiger partial charge in [0.1, 0.15) is 5.82 Å². The van der Waals surface area contributed by atoms with Gasteiger partial charge in [0.25, 0.3) is 0 Å². The lowest BCUT2D eigenvalue weighted by Crippen LogP contribution is -2.28. The van der Waals surface area contributed by atoms with Gasteiger partial charge in [-0.2, -0.15) is 0 Å². The molecule has 1 fully saturated rings. The molecule has 2 rings (SSSR count). The van der Waals surface area contributed by atoms with Crippen LogP contribution in [0, 0.1) is 9.49 Å². The zero-order valence-corrected chi connectivity index (χ0v) is 10.5. The van der Waals surface area contributed by atoms with E-state index in [1.165, 1.54) is 4.90 Å². The van der Waals surface area contributed by atoms with Crippen LogP contribution in [0.1, 0.15) is 6.42 Å². The second kappa shape index (κ2) is 4.36. The molecule has 6 heteroatoms. The Morgan fingerprint density at radius 1 is 1.56 bits per heavy atom. The molecular weight excluding hydrogens is 321 g/mol. The van der Waals surface area contributed by atoms with Crippen LogP contribution >= 0.6 is 22.6 Å². The lowest BCUT2D eigenvalue weighted by atomic mass is 10.1. The van der Waals surface area contributed by atoms with Crippen molar-refractivity contribution in [3.05, 3.63) is 21.9 Å². The maximum atomic E-state index is 11.7. The van der Waals surface area contributed by atoms with Gasteiger partial charge in [-0.25, -0.2) is 4.98 Å². The molecule has 2 N–H and O–H groups in total. The van der Waals surface area contributed by atoms with Gasteiger partial charge in [0, 0.05) is 22.7 Å². The minimum Gasteiger partial charge on any atom is -0.369 e. The van der Waals surface area contributed by atoms with Crippen LogP contribution in [0.5, 0.6) is 0 Å². The van der Waals surface area contributed by atoms with Crippen molar-refractivity contribution in [2.75, 3.05) is 11.4 Å². The first-order valence-electron chi connectivity index (χ1n) is 4.79. The van der Waals surface area contributed by atoms with Crippen molar-refractivity contribution in [3.8, 4) is 0 Å². The molecule has 5 nitrogen and oxygen atoms in total. The van der Waals surface area contributed by atoms with Crippen molar-refractivity contribution in [3.63, 3.8) is 0 Å². The minimum absolute atomic E-state index is 0.0995. The highest BCUT2D eigenvalue weighted by atomic mass is 127. The standard InChI is InChI=1S/C10H10IN3O2/c11-7-1-2-8(13-4-7)14-5-6(10(12)16)3-9(14)15/h1-2,4,6H,3,5H2,(H2,12,16). The lowest BCUT2D eigenvalue weighted by molar-refractivity contribution is -0.123. The van der Waals surface area contributed by atoms with Crippen LogP contribution in [0.2, 0.25) is 0 Å². The lowest BCUT2D eigenvalue weighted by Gasteiger charge is -2.14. The number of halogens is 1. The number of carbonyl (C=O) groups is 2. The Morgan fingerprint density at radius 3 is 2.81 bits per heavy atom. The quantitative estimate of drug-likeness (QED) is 0.803. The van der Waals surface area contributed by atoms with Crippen LogP contribution in [0.3, 0.4) is 0 Å². The highest BCUT2D eigenvalue weighted by Crippen LogP contribution is 2.23. The van der Waals surface area contributed by atoms with Crippen molar-refractivity contribution < 1.29 is 9.59 Å². The van der Waals surface area contributed by atoms with Gasteiger partial charge in [-0.15, -0.1) is 0 Å². The maximum absolute atomic E-state index is 11.7. The van der Waals surface area contributed by atoms with E-state index in [4.69, 9.17) is 5.73 Å². The molecular formula is C10H10IN3O2. The SMILES string of the molecule is NC(=O)C1CC(=O)N(c2ccc(I)cn2)C1. The summed E-state index contributed by atoms with van der Waals surface area (Å²) >= 11 is 2.14. The second-order valence-corrected chi connectivity index (χ2v) is 4.89. The summed E-state index contributed by atoms with van der Waals surface area (Å²) in [7, 11) is 0. The summed E-state index contributed by atoms with van der Waals surface area (Å²) < 4.78 is 0.999. The van der Waals surface area contributed by atoms with Crippen molar-refractivity contribution in [2.45, 2.75) is 6.42 Å². The predicted octanol–water partition coefficient (Wildman–Crippen LogP) is 0.524. The molecule has 0 spiro atoms. The average Bonchev–Trinajstić information content (AvgIpc) is 2.62. The highest BCUT2D eigenvalue weighted by Gasteiger charge is 2.34. The van der Waals surface area contributed by atoms with Gasteiger partial charge in [-0.3, -0.25) is 14.5 Å². The summed E-state index contributed by atoms with van der Waals surface area (Å²) in [5, 5.41) is 0. The number of nitrogens with two attached hydrogens (primary N) is 1. The summed E-state index contributed by atoms with van der Waals surface area (Å²) in [4.78, 5) is 28.3.